The lowest BCUT2D eigenvalue weighted by molar-refractivity contribution is 0.203. The van der Waals surface area contributed by atoms with Crippen LogP contribution < -0.4 is 15.0 Å². The number of allylic oxidation sites excluding steroid dienone is 4. The zero-order valence-electron chi connectivity index (χ0n) is 23.0. The molecule has 2 aromatic rings. The first kappa shape index (κ1) is 27.8. The SMILES string of the molecule is C/C=C(\C=C/C(Oc1cccnc1C)=C(C)CC)NC(=O)N1CCC(C)=C(N(C)c2ccccc2)CC1. The van der Waals surface area contributed by atoms with Crippen molar-refractivity contribution in [3.63, 3.8) is 0 Å². The number of para-hydroxylation sites is 1. The van der Waals surface area contributed by atoms with Crippen LogP contribution in [0, 0.1) is 6.92 Å². The number of nitrogens with one attached hydrogen (secondary N) is 1. The van der Waals surface area contributed by atoms with Gasteiger partial charge in [0, 0.05) is 49.8 Å². The van der Waals surface area contributed by atoms with Crippen LogP contribution in [0.4, 0.5) is 10.5 Å². The van der Waals surface area contributed by atoms with Crippen LogP contribution in [0.25, 0.3) is 0 Å². The molecule has 2 amide bonds. The van der Waals surface area contributed by atoms with Gasteiger partial charge in [-0.15, -0.1) is 0 Å². The summed E-state index contributed by atoms with van der Waals surface area (Å²) in [5, 5.41) is 3.08. The van der Waals surface area contributed by atoms with Gasteiger partial charge in [-0.05, 0) is 82.5 Å². The van der Waals surface area contributed by atoms with Crippen molar-refractivity contribution < 1.29 is 9.53 Å². The first-order valence-electron chi connectivity index (χ1n) is 13.0. The van der Waals surface area contributed by atoms with Gasteiger partial charge in [0.05, 0.1) is 5.69 Å². The molecule has 3 rings (SSSR count). The van der Waals surface area contributed by atoms with Crippen LogP contribution in [-0.2, 0) is 0 Å². The van der Waals surface area contributed by atoms with Crippen molar-refractivity contribution in [2.75, 3.05) is 25.0 Å². The smallest absolute Gasteiger partial charge is 0.321 e. The van der Waals surface area contributed by atoms with Gasteiger partial charge < -0.3 is 19.9 Å². The van der Waals surface area contributed by atoms with Gasteiger partial charge in [-0.1, -0.05) is 36.8 Å². The highest BCUT2D eigenvalue weighted by Crippen LogP contribution is 2.26. The molecular weight excluding hydrogens is 460 g/mol. The summed E-state index contributed by atoms with van der Waals surface area (Å²) in [5.74, 6) is 1.49. The maximum absolute atomic E-state index is 13.2. The van der Waals surface area contributed by atoms with E-state index in [1.165, 1.54) is 11.3 Å². The zero-order valence-corrected chi connectivity index (χ0v) is 23.0. The second-order valence-electron chi connectivity index (χ2n) is 9.30. The first-order valence-corrected chi connectivity index (χ1v) is 13.0. The summed E-state index contributed by atoms with van der Waals surface area (Å²) in [5.41, 5.74) is 6.44. The predicted molar refractivity (Wildman–Crippen MR) is 152 cm³/mol. The Balaban J connectivity index is 1.65. The number of rotatable bonds is 8. The average Bonchev–Trinajstić information content (AvgIpc) is 3.12. The van der Waals surface area contributed by atoms with Crippen molar-refractivity contribution in [1.29, 1.82) is 0 Å². The molecule has 2 heterocycles. The summed E-state index contributed by atoms with van der Waals surface area (Å²) in [7, 11) is 2.10. The maximum Gasteiger partial charge on any atom is 0.321 e. The zero-order chi connectivity index (χ0) is 26.8. The van der Waals surface area contributed by atoms with E-state index in [-0.39, 0.29) is 6.03 Å². The van der Waals surface area contributed by atoms with Gasteiger partial charge in [-0.3, -0.25) is 4.98 Å². The molecule has 1 N–H and O–H groups in total. The summed E-state index contributed by atoms with van der Waals surface area (Å²) < 4.78 is 6.18. The molecule has 0 unspecified atom stereocenters. The van der Waals surface area contributed by atoms with Gasteiger partial charge in [0.15, 0.2) is 0 Å². The molecule has 1 aromatic carbocycles. The topological polar surface area (TPSA) is 57.7 Å². The molecule has 1 aromatic heterocycles. The molecule has 1 aliphatic heterocycles. The molecule has 0 spiro atoms. The number of hydrogen-bond acceptors (Lipinski definition) is 4. The summed E-state index contributed by atoms with van der Waals surface area (Å²) in [4.78, 5) is 21.7. The quantitative estimate of drug-likeness (QED) is 0.309. The van der Waals surface area contributed by atoms with Gasteiger partial charge in [0.1, 0.15) is 11.5 Å². The molecule has 0 saturated heterocycles. The Labute approximate surface area is 222 Å². The van der Waals surface area contributed by atoms with Crippen LogP contribution in [0.1, 0.15) is 52.7 Å². The largest absolute Gasteiger partial charge is 0.456 e. The lowest BCUT2D eigenvalue weighted by Gasteiger charge is -2.25. The number of anilines is 1. The number of hydrogen-bond donors (Lipinski definition) is 1. The van der Waals surface area contributed by atoms with E-state index >= 15 is 0 Å². The van der Waals surface area contributed by atoms with Crippen LogP contribution in [0.5, 0.6) is 5.75 Å². The third-order valence-electron chi connectivity index (χ3n) is 6.81. The van der Waals surface area contributed by atoms with E-state index in [0.29, 0.717) is 13.1 Å². The van der Waals surface area contributed by atoms with Crippen molar-refractivity contribution >= 4 is 11.7 Å². The van der Waals surface area contributed by atoms with E-state index in [4.69, 9.17) is 4.74 Å². The number of ether oxygens (including phenoxy) is 1. The minimum atomic E-state index is -0.0871. The van der Waals surface area contributed by atoms with Crippen molar-refractivity contribution in [2.24, 2.45) is 0 Å². The molecule has 6 heteroatoms. The average molecular weight is 501 g/mol. The number of aryl methyl sites for hydroxylation is 1. The highest BCUT2D eigenvalue weighted by atomic mass is 16.5. The highest BCUT2D eigenvalue weighted by molar-refractivity contribution is 5.77. The van der Waals surface area contributed by atoms with E-state index in [2.05, 4.69) is 67.3 Å². The number of carbonyl (C=O) groups excluding carboxylic acids is 1. The Bertz CT molecular complexity index is 1190. The molecule has 196 valence electrons. The summed E-state index contributed by atoms with van der Waals surface area (Å²) in [6.45, 7) is 11.5. The predicted octanol–water partition coefficient (Wildman–Crippen LogP) is 7.13. The molecule has 6 nitrogen and oxygen atoms in total. The van der Waals surface area contributed by atoms with Crippen molar-refractivity contribution in [3.8, 4) is 5.75 Å². The van der Waals surface area contributed by atoms with Gasteiger partial charge in [0.2, 0.25) is 0 Å². The van der Waals surface area contributed by atoms with Gasteiger partial charge in [-0.2, -0.15) is 0 Å². The number of urea groups is 1. The van der Waals surface area contributed by atoms with Gasteiger partial charge in [-0.25, -0.2) is 4.79 Å². The Morgan fingerprint density at radius 3 is 2.51 bits per heavy atom. The summed E-state index contributed by atoms with van der Waals surface area (Å²) in [6, 6.07) is 14.0. The number of benzene rings is 1. The van der Waals surface area contributed by atoms with Crippen molar-refractivity contribution in [1.82, 2.24) is 15.2 Å². The van der Waals surface area contributed by atoms with Crippen LogP contribution in [0.2, 0.25) is 0 Å². The lowest BCUT2D eigenvalue weighted by Crippen LogP contribution is -2.40. The molecule has 0 bridgehead atoms. The second kappa shape index (κ2) is 13.5. The van der Waals surface area contributed by atoms with Gasteiger partial charge in [0.25, 0.3) is 0 Å². The third-order valence-corrected chi connectivity index (χ3v) is 6.81. The van der Waals surface area contributed by atoms with Crippen LogP contribution in [-0.4, -0.2) is 36.1 Å². The number of carbonyl (C=O) groups is 1. The number of nitrogens with zero attached hydrogens (tertiary/aromatic N) is 3. The fourth-order valence-corrected chi connectivity index (χ4v) is 4.19. The molecular formula is C31H40N4O2. The normalized spacial score (nSPS) is 15.4. The molecule has 0 atom stereocenters. The molecule has 37 heavy (non-hydrogen) atoms. The molecule has 0 radical (unpaired) electrons. The van der Waals surface area contributed by atoms with E-state index in [9.17, 15) is 4.79 Å². The molecule has 0 fully saturated rings. The Morgan fingerprint density at radius 2 is 1.84 bits per heavy atom. The Morgan fingerprint density at radius 1 is 1.11 bits per heavy atom. The number of amides is 2. The summed E-state index contributed by atoms with van der Waals surface area (Å²) in [6.07, 6.45) is 9.99. The van der Waals surface area contributed by atoms with Gasteiger partial charge >= 0.3 is 6.03 Å². The minimum absolute atomic E-state index is 0.0871. The second-order valence-corrected chi connectivity index (χ2v) is 9.30. The molecule has 1 aliphatic rings. The highest BCUT2D eigenvalue weighted by Gasteiger charge is 2.21. The summed E-state index contributed by atoms with van der Waals surface area (Å²) >= 11 is 0. The first-order chi connectivity index (χ1) is 17.8. The van der Waals surface area contributed by atoms with E-state index in [1.54, 1.807) is 6.20 Å². The monoisotopic (exact) mass is 500 g/mol. The number of pyridine rings is 1. The fraction of sp³-hybridized carbons (Fsp3) is 0.355. The maximum atomic E-state index is 13.2. The van der Waals surface area contributed by atoms with Crippen molar-refractivity contribution in [3.05, 3.63) is 101 Å². The Kier molecular flexibility index (Phi) is 10.1. The van der Waals surface area contributed by atoms with Crippen LogP contribution in [0.15, 0.2) is 95.2 Å². The van der Waals surface area contributed by atoms with E-state index in [1.807, 2.05) is 55.2 Å². The van der Waals surface area contributed by atoms with E-state index in [0.717, 1.165) is 53.4 Å². The van der Waals surface area contributed by atoms with Crippen LogP contribution >= 0.6 is 0 Å². The fourth-order valence-electron chi connectivity index (χ4n) is 4.19. The van der Waals surface area contributed by atoms with E-state index < -0.39 is 0 Å². The number of aromatic nitrogens is 1. The van der Waals surface area contributed by atoms with Crippen LogP contribution in [0.3, 0.4) is 0 Å². The third kappa shape index (κ3) is 7.59. The molecule has 0 aliphatic carbocycles. The lowest BCUT2D eigenvalue weighted by atomic mass is 10.1. The van der Waals surface area contributed by atoms with Crippen molar-refractivity contribution in [2.45, 2.75) is 53.9 Å². The molecule has 0 saturated carbocycles. The Hall–Kier alpha value is -3.80. The minimum Gasteiger partial charge on any atom is -0.456 e. The standard InChI is InChI=1S/C31H40N4O2/c1-7-23(3)29(37-30-15-12-20-32-25(30)5)17-16-26(8-2)33-31(36)35-21-18-24(4)28(19-22-35)34(6)27-13-10-9-11-14-27/h8-17,20H,7,18-19,21-22H2,1-6H3,(H,33,36)/b17-16-,26-8+,29-23?.